The van der Waals surface area contributed by atoms with Crippen molar-refractivity contribution in [3.8, 4) is 0 Å². The second-order valence-electron chi connectivity index (χ2n) is 7.11. The highest BCUT2D eigenvalue weighted by Gasteiger charge is 2.19. The number of anilines is 1. The lowest BCUT2D eigenvalue weighted by atomic mass is 10.1. The summed E-state index contributed by atoms with van der Waals surface area (Å²) in [7, 11) is 1.44. The zero-order valence-electron chi connectivity index (χ0n) is 18.0. The average Bonchev–Trinajstić information content (AvgIpc) is 2.78. The van der Waals surface area contributed by atoms with E-state index >= 15 is 0 Å². The molecule has 0 radical (unpaired) electrons. The van der Waals surface area contributed by atoms with Crippen LogP contribution in [0.5, 0.6) is 0 Å². The Morgan fingerprint density at radius 2 is 1.97 bits per heavy atom. The number of urea groups is 1. The van der Waals surface area contributed by atoms with Crippen molar-refractivity contribution < 1.29 is 9.53 Å². The number of hydrogen-bond acceptors (Lipinski definition) is 7. The number of carbonyl (C=O) groups excluding carboxylic acids is 1. The van der Waals surface area contributed by atoms with E-state index in [1.54, 1.807) is 6.07 Å². The molecule has 0 saturated carbocycles. The summed E-state index contributed by atoms with van der Waals surface area (Å²) in [5.41, 5.74) is 4.35. The average molecular weight is 441 g/mol. The summed E-state index contributed by atoms with van der Waals surface area (Å²) in [6.07, 6.45) is 1.45. The molecule has 3 rings (SSSR count). The van der Waals surface area contributed by atoms with Gasteiger partial charge in [0, 0.05) is 41.7 Å². The lowest BCUT2D eigenvalue weighted by Gasteiger charge is -2.24. The van der Waals surface area contributed by atoms with Crippen molar-refractivity contribution >= 4 is 35.1 Å². The summed E-state index contributed by atoms with van der Waals surface area (Å²) in [4.78, 5) is 13.4. The number of benzene rings is 2. The van der Waals surface area contributed by atoms with Gasteiger partial charge in [0.05, 0.1) is 11.4 Å². The van der Waals surface area contributed by atoms with Crippen LogP contribution in [0.1, 0.15) is 36.5 Å². The van der Waals surface area contributed by atoms with E-state index in [1.165, 1.54) is 11.9 Å². The summed E-state index contributed by atoms with van der Waals surface area (Å²) in [6, 6.07) is 13.2. The number of thioether (sulfide) groups is 1. The van der Waals surface area contributed by atoms with Gasteiger partial charge < -0.3 is 4.74 Å². The van der Waals surface area contributed by atoms with E-state index in [2.05, 4.69) is 22.3 Å². The Morgan fingerprint density at radius 1 is 1.19 bits per heavy atom. The normalized spacial score (nSPS) is 14.9. The molecule has 0 aliphatic carbocycles. The summed E-state index contributed by atoms with van der Waals surface area (Å²) in [6.45, 7) is 4.11. The van der Waals surface area contributed by atoms with E-state index in [9.17, 15) is 4.79 Å². The third-order valence-corrected chi connectivity index (χ3v) is 5.99. The van der Waals surface area contributed by atoms with E-state index in [-0.39, 0.29) is 6.61 Å². The van der Waals surface area contributed by atoms with Gasteiger partial charge >= 0.3 is 6.03 Å². The number of nitrogens with zero attached hydrogens (tertiary/aromatic N) is 4. The quantitative estimate of drug-likeness (QED) is 0.241. The number of nitrogens with two attached hydrogens (primary N) is 2. The zero-order valence-corrected chi connectivity index (χ0v) is 18.9. The van der Waals surface area contributed by atoms with E-state index in [1.807, 2.05) is 49.9 Å². The van der Waals surface area contributed by atoms with Crippen LogP contribution < -0.4 is 16.7 Å². The van der Waals surface area contributed by atoms with Gasteiger partial charge in [0.15, 0.2) is 0 Å². The minimum absolute atomic E-state index is 0.210. The molecule has 2 aromatic carbocycles. The molecular weight excluding hydrogens is 412 g/mol. The molecule has 31 heavy (non-hydrogen) atoms. The standard InChI is InChI=1S/C22H28N6O2S/c1-4-21(26-25-18-12-13-31-20-11-6-5-9-16(18)20)30-14-17-15(2)8-7-10-19(17)28(24)22(29)27(3)23/h5-11H,4,12-14,23-24H2,1-3H3/b25-18?,26-21-. The van der Waals surface area contributed by atoms with Crippen LogP contribution in [-0.2, 0) is 11.3 Å². The number of carbonyl (C=O) groups is 1. The molecule has 0 bridgehead atoms. The van der Waals surface area contributed by atoms with Crippen LogP contribution >= 0.6 is 11.8 Å². The molecule has 2 aromatic rings. The van der Waals surface area contributed by atoms with Crippen molar-refractivity contribution in [3.63, 3.8) is 0 Å². The second-order valence-corrected chi connectivity index (χ2v) is 8.25. The zero-order chi connectivity index (χ0) is 22.4. The summed E-state index contributed by atoms with van der Waals surface area (Å²) in [5.74, 6) is 13.0. The van der Waals surface area contributed by atoms with E-state index in [4.69, 9.17) is 16.4 Å². The van der Waals surface area contributed by atoms with E-state index in [0.717, 1.165) is 44.6 Å². The van der Waals surface area contributed by atoms with Crippen LogP contribution in [0.25, 0.3) is 0 Å². The van der Waals surface area contributed by atoms with Crippen molar-refractivity contribution in [3.05, 3.63) is 59.2 Å². The molecule has 0 unspecified atom stereocenters. The smallest absolute Gasteiger partial charge is 0.352 e. The molecule has 0 fully saturated rings. The van der Waals surface area contributed by atoms with Gasteiger partial charge in [-0.05, 0) is 24.6 Å². The second kappa shape index (κ2) is 10.4. The highest BCUT2D eigenvalue weighted by molar-refractivity contribution is 7.99. The maximum Gasteiger partial charge on any atom is 0.352 e. The lowest BCUT2D eigenvalue weighted by Crippen LogP contribution is -2.49. The van der Waals surface area contributed by atoms with Crippen molar-refractivity contribution in [1.82, 2.24) is 5.01 Å². The molecule has 8 nitrogen and oxygen atoms in total. The molecule has 0 aromatic heterocycles. The van der Waals surface area contributed by atoms with E-state index in [0.29, 0.717) is 18.0 Å². The molecule has 9 heteroatoms. The third-order valence-electron chi connectivity index (χ3n) is 4.92. The first-order valence-electron chi connectivity index (χ1n) is 10.1. The minimum atomic E-state index is -0.531. The Hall–Kier alpha value is -2.88. The fraction of sp³-hybridized carbons (Fsp3) is 0.318. The monoisotopic (exact) mass is 440 g/mol. The summed E-state index contributed by atoms with van der Waals surface area (Å²) in [5, 5.41) is 10.8. The Labute approximate surface area is 186 Å². The predicted octanol–water partition coefficient (Wildman–Crippen LogP) is 3.83. The first-order chi connectivity index (χ1) is 14.9. The predicted molar refractivity (Wildman–Crippen MR) is 126 cm³/mol. The topological polar surface area (TPSA) is 110 Å². The van der Waals surface area contributed by atoms with Crippen LogP contribution in [0.3, 0.4) is 0 Å². The third kappa shape index (κ3) is 5.43. The van der Waals surface area contributed by atoms with Crippen molar-refractivity contribution in [2.24, 2.45) is 21.9 Å². The minimum Gasteiger partial charge on any atom is -0.475 e. The molecule has 0 saturated heterocycles. The van der Waals surface area contributed by atoms with Gasteiger partial charge in [0.25, 0.3) is 0 Å². The van der Waals surface area contributed by atoms with Gasteiger partial charge in [0.2, 0.25) is 5.90 Å². The lowest BCUT2D eigenvalue weighted by molar-refractivity contribution is 0.216. The highest BCUT2D eigenvalue weighted by Crippen LogP contribution is 2.30. The van der Waals surface area contributed by atoms with Gasteiger partial charge in [-0.1, -0.05) is 37.3 Å². The first-order valence-corrected chi connectivity index (χ1v) is 11.0. The van der Waals surface area contributed by atoms with Crippen LogP contribution in [0.2, 0.25) is 0 Å². The van der Waals surface area contributed by atoms with Gasteiger partial charge in [0.1, 0.15) is 6.61 Å². The molecular formula is C22H28N6O2S. The fourth-order valence-corrected chi connectivity index (χ4v) is 4.21. The van der Waals surface area contributed by atoms with Gasteiger partial charge in [-0.15, -0.1) is 16.9 Å². The maximum atomic E-state index is 12.2. The molecule has 1 aliphatic heterocycles. The molecule has 164 valence electrons. The Morgan fingerprint density at radius 3 is 2.71 bits per heavy atom. The molecule has 2 amide bonds. The number of aryl methyl sites for hydroxylation is 1. The summed E-state index contributed by atoms with van der Waals surface area (Å²) >= 11 is 1.83. The van der Waals surface area contributed by atoms with Crippen molar-refractivity contribution in [2.45, 2.75) is 38.2 Å². The summed E-state index contributed by atoms with van der Waals surface area (Å²) < 4.78 is 5.97. The number of ether oxygens (including phenoxy) is 1. The van der Waals surface area contributed by atoms with Gasteiger partial charge in [-0.3, -0.25) is 5.01 Å². The maximum absolute atomic E-state index is 12.2. The Kier molecular flexibility index (Phi) is 7.67. The van der Waals surface area contributed by atoms with Crippen molar-refractivity contribution in [1.29, 1.82) is 0 Å². The SMILES string of the molecule is CC/C(=N/N=C1CCSc2ccccc21)OCc1c(C)cccc1N(N)C(=O)N(C)N. The van der Waals surface area contributed by atoms with Gasteiger partial charge in [-0.2, -0.15) is 5.10 Å². The van der Waals surface area contributed by atoms with Crippen molar-refractivity contribution in [2.75, 3.05) is 17.8 Å². The van der Waals surface area contributed by atoms with Gasteiger partial charge in [-0.25, -0.2) is 21.5 Å². The van der Waals surface area contributed by atoms with Crippen LogP contribution in [-0.4, -0.2) is 35.4 Å². The molecule has 0 atom stereocenters. The number of hydrogen-bond donors (Lipinski definition) is 2. The van der Waals surface area contributed by atoms with E-state index < -0.39 is 6.03 Å². The van der Waals surface area contributed by atoms with Crippen LogP contribution in [0, 0.1) is 6.92 Å². The Balaban J connectivity index is 1.80. The van der Waals surface area contributed by atoms with Crippen LogP contribution in [0.15, 0.2) is 57.6 Å². The molecule has 0 spiro atoms. The molecule has 1 aliphatic rings. The number of fused-ring (bicyclic) bond motifs is 1. The number of hydrazine groups is 2. The highest BCUT2D eigenvalue weighted by atomic mass is 32.2. The number of rotatable bonds is 5. The first kappa shape index (κ1) is 22.8. The molecule has 4 N–H and O–H groups in total. The largest absolute Gasteiger partial charge is 0.475 e. The Bertz CT molecular complexity index is 1010. The number of amides is 2. The molecule has 1 heterocycles. The fourth-order valence-electron chi connectivity index (χ4n) is 3.17. The van der Waals surface area contributed by atoms with Crippen LogP contribution in [0.4, 0.5) is 10.5 Å².